The Balaban J connectivity index is 0.000000346. The zero-order chi connectivity index (χ0) is 16.0. The Hall–Kier alpha value is -1.99. The average molecular weight is 318 g/mol. The van der Waals surface area contributed by atoms with Crippen LogP contribution in [0.3, 0.4) is 0 Å². The van der Waals surface area contributed by atoms with E-state index in [9.17, 15) is 4.57 Å². The van der Waals surface area contributed by atoms with Crippen LogP contribution in [-0.2, 0) is 4.57 Å². The molecule has 0 saturated carbocycles. The standard InChI is InChI=1S/C12H11O3P.C6H12/c13-16(14-11-7-3-1-4-8-11)15-12-9-5-2-6-10-12;1-3-5-6-4-2/h1-10,16H;3H,1,4-6H2,2H3. The minimum absolute atomic E-state index is 0.544. The van der Waals surface area contributed by atoms with Gasteiger partial charge in [-0.2, -0.15) is 0 Å². The van der Waals surface area contributed by atoms with Gasteiger partial charge in [-0.3, -0.25) is 0 Å². The number of unbranched alkanes of at least 4 members (excludes halogenated alkanes) is 2. The van der Waals surface area contributed by atoms with Crippen molar-refractivity contribution in [1.82, 2.24) is 0 Å². The zero-order valence-electron chi connectivity index (χ0n) is 12.9. The Kier molecular flexibility index (Phi) is 9.56. The van der Waals surface area contributed by atoms with Crippen molar-refractivity contribution < 1.29 is 13.6 Å². The normalized spacial score (nSPS) is 9.55. The quantitative estimate of drug-likeness (QED) is 0.362. The molecule has 0 fully saturated rings. The number of hydrogen-bond donors (Lipinski definition) is 0. The second-order valence-electron chi connectivity index (χ2n) is 4.51. The molecule has 0 N–H and O–H groups in total. The lowest BCUT2D eigenvalue weighted by Gasteiger charge is -2.07. The van der Waals surface area contributed by atoms with E-state index in [1.807, 2.05) is 42.5 Å². The topological polar surface area (TPSA) is 35.5 Å². The molecule has 4 heteroatoms. The van der Waals surface area contributed by atoms with Crippen molar-refractivity contribution >= 4 is 8.25 Å². The van der Waals surface area contributed by atoms with Crippen molar-refractivity contribution in [3.63, 3.8) is 0 Å². The summed E-state index contributed by atoms with van der Waals surface area (Å²) in [7, 11) is -2.54. The van der Waals surface area contributed by atoms with Crippen LogP contribution in [0.25, 0.3) is 0 Å². The van der Waals surface area contributed by atoms with Gasteiger partial charge in [-0.05, 0) is 30.7 Å². The predicted molar refractivity (Wildman–Crippen MR) is 92.9 cm³/mol. The monoisotopic (exact) mass is 318 g/mol. The molecule has 2 rings (SSSR count). The third kappa shape index (κ3) is 8.33. The summed E-state index contributed by atoms with van der Waals surface area (Å²) in [6.07, 6.45) is 5.72. The summed E-state index contributed by atoms with van der Waals surface area (Å²) in [6, 6.07) is 17.9. The molecule has 0 aliphatic heterocycles. The maximum absolute atomic E-state index is 11.5. The Morgan fingerprint density at radius 3 is 1.73 bits per heavy atom. The highest BCUT2D eigenvalue weighted by atomic mass is 31.1. The van der Waals surface area contributed by atoms with Crippen LogP contribution in [0.2, 0.25) is 0 Å². The molecular weight excluding hydrogens is 295 g/mol. The molecule has 0 aliphatic rings. The van der Waals surface area contributed by atoms with Gasteiger partial charge in [0.1, 0.15) is 11.5 Å². The smallest absolute Gasteiger partial charge is 0.418 e. The summed E-state index contributed by atoms with van der Waals surface area (Å²) in [5.41, 5.74) is 0. The number of allylic oxidation sites excluding steroid dienone is 1. The molecule has 0 aromatic heterocycles. The molecule has 0 bridgehead atoms. The van der Waals surface area contributed by atoms with Crippen LogP contribution in [-0.4, -0.2) is 0 Å². The molecular formula is C18H23O3P. The molecule has 2 aromatic rings. The number of hydrogen-bond acceptors (Lipinski definition) is 3. The first-order chi connectivity index (χ1) is 10.8. The van der Waals surface area contributed by atoms with Gasteiger partial charge < -0.3 is 9.05 Å². The first-order valence-electron chi connectivity index (χ1n) is 7.37. The van der Waals surface area contributed by atoms with Gasteiger partial charge in [0.2, 0.25) is 0 Å². The van der Waals surface area contributed by atoms with Gasteiger partial charge in [-0.1, -0.05) is 62.2 Å². The van der Waals surface area contributed by atoms with Crippen LogP contribution in [0, 0.1) is 0 Å². The Bertz CT molecular complexity index is 497. The summed E-state index contributed by atoms with van der Waals surface area (Å²) in [6.45, 7) is 5.78. The summed E-state index contributed by atoms with van der Waals surface area (Å²) < 4.78 is 21.8. The van der Waals surface area contributed by atoms with Crippen LogP contribution >= 0.6 is 8.25 Å². The first-order valence-corrected chi connectivity index (χ1v) is 8.59. The van der Waals surface area contributed by atoms with E-state index in [0.717, 1.165) is 0 Å². The zero-order valence-corrected chi connectivity index (χ0v) is 13.9. The van der Waals surface area contributed by atoms with Crippen molar-refractivity contribution in [2.75, 3.05) is 0 Å². The lowest BCUT2D eigenvalue weighted by molar-refractivity contribution is 0.415. The molecule has 3 nitrogen and oxygen atoms in total. The second kappa shape index (κ2) is 11.6. The molecule has 0 amide bonds. The highest BCUT2D eigenvalue weighted by molar-refractivity contribution is 7.34. The molecule has 0 aliphatic carbocycles. The average Bonchev–Trinajstić information content (AvgIpc) is 2.55. The second-order valence-corrected chi connectivity index (χ2v) is 5.42. The summed E-state index contributed by atoms with van der Waals surface area (Å²) in [4.78, 5) is 0. The SMILES string of the molecule is C=CCCCC.O=[PH](Oc1ccccc1)Oc1ccccc1. The van der Waals surface area contributed by atoms with Gasteiger partial charge >= 0.3 is 8.25 Å². The highest BCUT2D eigenvalue weighted by Gasteiger charge is 2.02. The van der Waals surface area contributed by atoms with Crippen molar-refractivity contribution in [2.45, 2.75) is 26.2 Å². The van der Waals surface area contributed by atoms with E-state index in [0.29, 0.717) is 11.5 Å². The predicted octanol–water partition coefficient (Wildman–Crippen LogP) is 5.90. The van der Waals surface area contributed by atoms with Gasteiger partial charge in [0.15, 0.2) is 0 Å². The fraction of sp³-hybridized carbons (Fsp3) is 0.222. The molecule has 2 aromatic carbocycles. The van der Waals surface area contributed by atoms with Gasteiger partial charge in [-0.25, -0.2) is 4.57 Å². The van der Waals surface area contributed by atoms with E-state index in [4.69, 9.17) is 9.05 Å². The molecule has 0 spiro atoms. The van der Waals surface area contributed by atoms with Crippen LogP contribution in [0.1, 0.15) is 26.2 Å². The summed E-state index contributed by atoms with van der Waals surface area (Å²) in [5.74, 6) is 1.09. The lowest BCUT2D eigenvalue weighted by atomic mass is 10.3. The van der Waals surface area contributed by atoms with Gasteiger partial charge in [-0.15, -0.1) is 6.58 Å². The highest BCUT2D eigenvalue weighted by Crippen LogP contribution is 2.29. The van der Waals surface area contributed by atoms with Crippen LogP contribution in [0.4, 0.5) is 0 Å². The van der Waals surface area contributed by atoms with E-state index in [-0.39, 0.29) is 0 Å². The third-order valence-corrected chi connectivity index (χ3v) is 3.46. The minimum Gasteiger partial charge on any atom is -0.418 e. The van der Waals surface area contributed by atoms with Gasteiger partial charge in [0.05, 0.1) is 0 Å². The number of rotatable bonds is 7. The molecule has 0 saturated heterocycles. The van der Waals surface area contributed by atoms with Gasteiger partial charge in [0, 0.05) is 0 Å². The fourth-order valence-electron chi connectivity index (χ4n) is 1.54. The Labute approximate surface area is 133 Å². The minimum atomic E-state index is -2.54. The molecule has 0 atom stereocenters. The van der Waals surface area contributed by atoms with Crippen LogP contribution < -0.4 is 9.05 Å². The van der Waals surface area contributed by atoms with Gasteiger partial charge in [0.25, 0.3) is 0 Å². The van der Waals surface area contributed by atoms with E-state index >= 15 is 0 Å². The number of para-hydroxylation sites is 2. The van der Waals surface area contributed by atoms with E-state index < -0.39 is 8.25 Å². The fourth-order valence-corrected chi connectivity index (χ4v) is 2.24. The van der Waals surface area contributed by atoms with Crippen LogP contribution in [0.5, 0.6) is 11.5 Å². The van der Waals surface area contributed by atoms with E-state index in [1.165, 1.54) is 19.3 Å². The summed E-state index contributed by atoms with van der Waals surface area (Å²) in [5, 5.41) is 0. The molecule has 0 radical (unpaired) electrons. The number of benzene rings is 2. The lowest BCUT2D eigenvalue weighted by Crippen LogP contribution is -1.87. The van der Waals surface area contributed by atoms with E-state index in [2.05, 4.69) is 13.5 Å². The van der Waals surface area contributed by atoms with Crippen molar-refractivity contribution in [1.29, 1.82) is 0 Å². The first kappa shape index (κ1) is 18.1. The van der Waals surface area contributed by atoms with Crippen molar-refractivity contribution in [3.8, 4) is 11.5 Å². The maximum Gasteiger partial charge on any atom is 0.418 e. The molecule has 0 heterocycles. The maximum atomic E-state index is 11.5. The van der Waals surface area contributed by atoms with Crippen LogP contribution in [0.15, 0.2) is 73.3 Å². The van der Waals surface area contributed by atoms with Crippen molar-refractivity contribution in [3.05, 3.63) is 73.3 Å². The molecule has 22 heavy (non-hydrogen) atoms. The summed E-state index contributed by atoms with van der Waals surface area (Å²) >= 11 is 0. The largest absolute Gasteiger partial charge is 0.418 e. The molecule has 0 unspecified atom stereocenters. The molecule has 118 valence electrons. The Morgan fingerprint density at radius 2 is 1.41 bits per heavy atom. The Morgan fingerprint density at radius 1 is 0.955 bits per heavy atom. The van der Waals surface area contributed by atoms with Crippen molar-refractivity contribution in [2.24, 2.45) is 0 Å². The third-order valence-electron chi connectivity index (χ3n) is 2.65. The van der Waals surface area contributed by atoms with E-state index in [1.54, 1.807) is 24.3 Å².